The zero-order chi connectivity index (χ0) is 18.7. The van der Waals surface area contributed by atoms with Crippen LogP contribution in [-0.4, -0.2) is 38.3 Å². The van der Waals surface area contributed by atoms with Crippen molar-refractivity contribution in [2.24, 2.45) is 0 Å². The van der Waals surface area contributed by atoms with Crippen LogP contribution >= 0.6 is 24.0 Å². The van der Waals surface area contributed by atoms with Gasteiger partial charge < -0.3 is 9.84 Å². The van der Waals surface area contributed by atoms with Gasteiger partial charge in [0.05, 0.1) is 17.6 Å². The number of carbonyl (C=O) groups is 2. The fourth-order valence-electron chi connectivity index (χ4n) is 2.16. The molecular weight excluding hydrogens is 374 g/mol. The molecule has 0 bridgehead atoms. The van der Waals surface area contributed by atoms with E-state index in [2.05, 4.69) is 10.4 Å². The molecule has 0 aliphatic carbocycles. The number of benzene rings is 1. The Morgan fingerprint density at radius 2 is 2.23 bits per heavy atom. The number of methoxy groups -OCH3 is 1. The molecule has 2 N–H and O–H groups in total. The van der Waals surface area contributed by atoms with Crippen LogP contribution in [0, 0.1) is 0 Å². The summed E-state index contributed by atoms with van der Waals surface area (Å²) in [7, 11) is 1.44. The summed E-state index contributed by atoms with van der Waals surface area (Å²) in [6.07, 6.45) is 4.55. The lowest BCUT2D eigenvalue weighted by molar-refractivity contribution is -0.123. The third-order valence-corrected chi connectivity index (χ3v) is 4.73. The lowest BCUT2D eigenvalue weighted by Crippen LogP contribution is -2.44. The standard InChI is InChI=1S/C17H13N3O4S2/c1-24-13-7-10(4-5-12(13)21)8-14-16(23)20(17(25)26-14)19-15(22)11-3-2-6-18-9-11/h2-9,21H,1H3,(H,19,22). The number of phenolic OH excluding ortho intramolecular Hbond substituents is 1. The molecule has 0 saturated carbocycles. The van der Waals surface area contributed by atoms with Crippen molar-refractivity contribution in [1.82, 2.24) is 15.4 Å². The second-order valence-corrected chi connectivity index (χ2v) is 6.81. The summed E-state index contributed by atoms with van der Waals surface area (Å²) >= 11 is 6.25. The maximum Gasteiger partial charge on any atom is 0.285 e. The molecule has 0 radical (unpaired) electrons. The van der Waals surface area contributed by atoms with E-state index in [1.807, 2.05) is 0 Å². The van der Waals surface area contributed by atoms with Crippen molar-refractivity contribution in [3.05, 3.63) is 58.8 Å². The minimum atomic E-state index is -0.484. The van der Waals surface area contributed by atoms with Crippen LogP contribution in [0.15, 0.2) is 47.6 Å². The van der Waals surface area contributed by atoms with Gasteiger partial charge in [-0.3, -0.25) is 20.0 Å². The fraction of sp³-hybridized carbons (Fsp3) is 0.0588. The first kappa shape index (κ1) is 17.9. The van der Waals surface area contributed by atoms with E-state index in [1.165, 1.54) is 19.4 Å². The van der Waals surface area contributed by atoms with Crippen molar-refractivity contribution in [2.75, 3.05) is 7.11 Å². The average molecular weight is 387 g/mol. The average Bonchev–Trinajstić information content (AvgIpc) is 2.91. The Bertz CT molecular complexity index is 915. The molecule has 7 nitrogen and oxygen atoms in total. The lowest BCUT2D eigenvalue weighted by Gasteiger charge is -2.15. The van der Waals surface area contributed by atoms with Crippen LogP contribution in [0.3, 0.4) is 0 Å². The van der Waals surface area contributed by atoms with E-state index < -0.39 is 11.8 Å². The second kappa shape index (κ2) is 7.54. The van der Waals surface area contributed by atoms with Crippen LogP contribution in [0.1, 0.15) is 15.9 Å². The molecule has 1 saturated heterocycles. The maximum atomic E-state index is 12.5. The number of ether oxygens (including phenoxy) is 1. The van der Waals surface area contributed by atoms with Crippen molar-refractivity contribution in [3.63, 3.8) is 0 Å². The Hall–Kier alpha value is -2.91. The number of hydrazine groups is 1. The van der Waals surface area contributed by atoms with Gasteiger partial charge >= 0.3 is 0 Å². The third kappa shape index (κ3) is 3.68. The van der Waals surface area contributed by atoms with E-state index in [4.69, 9.17) is 17.0 Å². The molecule has 9 heteroatoms. The SMILES string of the molecule is COc1cc(C=C2SC(=S)N(NC(=O)c3cccnc3)C2=O)ccc1O. The molecule has 0 unspecified atom stereocenters. The van der Waals surface area contributed by atoms with Gasteiger partial charge in [0.25, 0.3) is 11.8 Å². The smallest absolute Gasteiger partial charge is 0.285 e. The summed E-state index contributed by atoms with van der Waals surface area (Å²) in [6.45, 7) is 0. The Balaban J connectivity index is 1.79. The van der Waals surface area contributed by atoms with E-state index in [0.29, 0.717) is 21.8 Å². The number of aromatic nitrogens is 1. The largest absolute Gasteiger partial charge is 0.504 e. The van der Waals surface area contributed by atoms with E-state index >= 15 is 0 Å². The normalized spacial score (nSPS) is 15.4. The number of amides is 2. The molecule has 0 spiro atoms. The molecule has 132 valence electrons. The predicted molar refractivity (Wildman–Crippen MR) is 101 cm³/mol. The molecule has 2 heterocycles. The highest BCUT2D eigenvalue weighted by Crippen LogP contribution is 2.33. The van der Waals surface area contributed by atoms with Gasteiger partial charge in [-0.25, -0.2) is 0 Å². The highest BCUT2D eigenvalue weighted by Gasteiger charge is 2.33. The summed E-state index contributed by atoms with van der Waals surface area (Å²) in [5, 5.41) is 10.7. The zero-order valence-electron chi connectivity index (χ0n) is 13.5. The Morgan fingerprint density at radius 1 is 1.42 bits per heavy atom. The summed E-state index contributed by atoms with van der Waals surface area (Å²) in [5.74, 6) is -0.633. The number of hydrogen-bond acceptors (Lipinski definition) is 7. The van der Waals surface area contributed by atoms with Crippen molar-refractivity contribution in [2.45, 2.75) is 0 Å². The topological polar surface area (TPSA) is 91.8 Å². The summed E-state index contributed by atoms with van der Waals surface area (Å²) < 4.78 is 5.26. The van der Waals surface area contributed by atoms with E-state index in [0.717, 1.165) is 16.8 Å². The van der Waals surface area contributed by atoms with Gasteiger partial charge in [-0.2, -0.15) is 5.01 Å². The van der Waals surface area contributed by atoms with Crippen LogP contribution in [0.2, 0.25) is 0 Å². The molecule has 1 aromatic heterocycles. The van der Waals surface area contributed by atoms with Gasteiger partial charge in [-0.15, -0.1) is 0 Å². The van der Waals surface area contributed by atoms with Gasteiger partial charge in [0.1, 0.15) is 0 Å². The number of pyridine rings is 1. The first-order valence-electron chi connectivity index (χ1n) is 7.35. The number of carbonyl (C=O) groups excluding carboxylic acids is 2. The molecule has 26 heavy (non-hydrogen) atoms. The molecule has 2 aromatic rings. The molecular formula is C17H13N3O4S2. The lowest BCUT2D eigenvalue weighted by atomic mass is 10.2. The Kier molecular flexibility index (Phi) is 5.19. The molecule has 0 atom stereocenters. The summed E-state index contributed by atoms with van der Waals surface area (Å²) in [5.41, 5.74) is 3.44. The highest BCUT2D eigenvalue weighted by molar-refractivity contribution is 8.26. The number of rotatable bonds is 4. The number of thiocarbonyl (C=S) groups is 1. The van der Waals surface area contributed by atoms with Gasteiger partial charge in [0.2, 0.25) is 0 Å². The van der Waals surface area contributed by atoms with Crippen LogP contribution in [0.4, 0.5) is 0 Å². The summed E-state index contributed by atoms with van der Waals surface area (Å²) in [4.78, 5) is 29.0. The van der Waals surface area contributed by atoms with Gasteiger partial charge in [0.15, 0.2) is 15.8 Å². The van der Waals surface area contributed by atoms with E-state index in [1.54, 1.807) is 36.5 Å². The molecule has 1 aliphatic rings. The van der Waals surface area contributed by atoms with Gasteiger partial charge in [-0.1, -0.05) is 17.8 Å². The highest BCUT2D eigenvalue weighted by atomic mass is 32.2. The third-order valence-electron chi connectivity index (χ3n) is 3.43. The van der Waals surface area contributed by atoms with Crippen molar-refractivity contribution >= 4 is 46.2 Å². The fourth-order valence-corrected chi connectivity index (χ4v) is 3.34. The number of nitrogens with zero attached hydrogens (tertiary/aromatic N) is 2. The molecule has 1 aliphatic heterocycles. The quantitative estimate of drug-likeness (QED) is 0.614. The first-order chi connectivity index (χ1) is 12.5. The Morgan fingerprint density at radius 3 is 2.92 bits per heavy atom. The minimum absolute atomic E-state index is 0.000864. The predicted octanol–water partition coefficient (Wildman–Crippen LogP) is 2.34. The molecule has 2 amide bonds. The second-order valence-electron chi connectivity index (χ2n) is 5.13. The number of phenols is 1. The van der Waals surface area contributed by atoms with Gasteiger partial charge in [-0.05, 0) is 48.1 Å². The Labute approximate surface area is 158 Å². The van der Waals surface area contributed by atoms with Crippen LogP contribution in [0.5, 0.6) is 11.5 Å². The maximum absolute atomic E-state index is 12.5. The number of aromatic hydroxyl groups is 1. The number of thioether (sulfide) groups is 1. The molecule has 1 fully saturated rings. The van der Waals surface area contributed by atoms with E-state index in [9.17, 15) is 14.7 Å². The van der Waals surface area contributed by atoms with Crippen LogP contribution in [0.25, 0.3) is 6.08 Å². The minimum Gasteiger partial charge on any atom is -0.504 e. The van der Waals surface area contributed by atoms with Crippen molar-refractivity contribution in [1.29, 1.82) is 0 Å². The molecule has 1 aromatic carbocycles. The van der Waals surface area contributed by atoms with Crippen molar-refractivity contribution in [3.8, 4) is 11.5 Å². The monoisotopic (exact) mass is 387 g/mol. The van der Waals surface area contributed by atoms with Crippen LogP contribution < -0.4 is 10.2 Å². The molecule has 3 rings (SSSR count). The van der Waals surface area contributed by atoms with Crippen LogP contribution in [-0.2, 0) is 4.79 Å². The van der Waals surface area contributed by atoms with Gasteiger partial charge in [0, 0.05) is 12.4 Å². The first-order valence-corrected chi connectivity index (χ1v) is 8.58. The summed E-state index contributed by atoms with van der Waals surface area (Å²) in [6, 6.07) is 7.90. The van der Waals surface area contributed by atoms with Crippen molar-refractivity contribution < 1.29 is 19.4 Å². The number of hydrogen-bond donors (Lipinski definition) is 2. The number of nitrogens with one attached hydrogen (secondary N) is 1. The zero-order valence-corrected chi connectivity index (χ0v) is 15.1. The van der Waals surface area contributed by atoms with E-state index in [-0.39, 0.29) is 10.1 Å².